The number of methoxy groups -OCH3 is 1. The summed E-state index contributed by atoms with van der Waals surface area (Å²) >= 11 is 4.03. The predicted molar refractivity (Wildman–Crippen MR) is 85.0 cm³/mol. The van der Waals surface area contributed by atoms with Gasteiger partial charge in [-0.15, -0.1) is 0 Å². The third-order valence-corrected chi connectivity index (χ3v) is 3.63. The highest BCUT2D eigenvalue weighted by Crippen LogP contribution is 2.09. The molecule has 0 spiro atoms. The first kappa shape index (κ1) is 19.3. The fourth-order valence-electron chi connectivity index (χ4n) is 2.01. The summed E-state index contributed by atoms with van der Waals surface area (Å²) in [6.07, 6.45) is 10.1. The topological polar surface area (TPSA) is 55.4 Å². The molecular weight excluding hydrogens is 274 g/mol. The summed E-state index contributed by atoms with van der Waals surface area (Å²) < 4.78 is 4.59. The molecule has 1 unspecified atom stereocenters. The first-order valence-corrected chi connectivity index (χ1v) is 8.27. The molecule has 1 atom stereocenters. The van der Waals surface area contributed by atoms with Gasteiger partial charge in [0.25, 0.3) is 0 Å². The standard InChI is InChI=1S/C15H29NO3S/c1-3-4-5-6-7-8-9-10-11-14(17)16-13(12-20)15(18)19-2/h13,20H,3-12H2,1-2H3,(H,16,17). The maximum absolute atomic E-state index is 11.7. The van der Waals surface area contributed by atoms with E-state index in [1.54, 1.807) is 0 Å². The second-order valence-corrected chi connectivity index (χ2v) is 5.42. The van der Waals surface area contributed by atoms with E-state index in [9.17, 15) is 9.59 Å². The van der Waals surface area contributed by atoms with Crippen molar-refractivity contribution in [1.29, 1.82) is 0 Å². The van der Waals surface area contributed by atoms with E-state index in [1.807, 2.05) is 0 Å². The lowest BCUT2D eigenvalue weighted by atomic mass is 10.1. The molecule has 0 aromatic carbocycles. The Morgan fingerprint density at radius 3 is 2.10 bits per heavy atom. The van der Waals surface area contributed by atoms with Gasteiger partial charge in [0.2, 0.25) is 5.91 Å². The Morgan fingerprint density at radius 1 is 1.05 bits per heavy atom. The zero-order chi connectivity index (χ0) is 15.2. The quantitative estimate of drug-likeness (QED) is 0.331. The third kappa shape index (κ3) is 10.1. The number of thiol groups is 1. The van der Waals surface area contributed by atoms with Crippen LogP contribution in [-0.4, -0.2) is 30.8 Å². The summed E-state index contributed by atoms with van der Waals surface area (Å²) in [6.45, 7) is 2.21. The largest absolute Gasteiger partial charge is 0.467 e. The van der Waals surface area contributed by atoms with Crippen LogP contribution in [0.3, 0.4) is 0 Å². The van der Waals surface area contributed by atoms with Crippen molar-refractivity contribution in [2.24, 2.45) is 0 Å². The van der Waals surface area contributed by atoms with Crippen LogP contribution in [0.4, 0.5) is 0 Å². The Balaban J connectivity index is 3.55. The van der Waals surface area contributed by atoms with Crippen molar-refractivity contribution in [2.45, 2.75) is 70.8 Å². The molecule has 0 aliphatic rings. The van der Waals surface area contributed by atoms with E-state index in [1.165, 1.54) is 45.6 Å². The molecule has 1 amide bonds. The Morgan fingerprint density at radius 2 is 1.60 bits per heavy atom. The lowest BCUT2D eigenvalue weighted by molar-refractivity contribution is -0.144. The van der Waals surface area contributed by atoms with Crippen LogP contribution in [0, 0.1) is 0 Å². The van der Waals surface area contributed by atoms with Crippen molar-refractivity contribution in [1.82, 2.24) is 5.32 Å². The van der Waals surface area contributed by atoms with E-state index in [0.717, 1.165) is 12.8 Å². The molecule has 1 N–H and O–H groups in total. The lowest BCUT2D eigenvalue weighted by Gasteiger charge is -2.13. The highest BCUT2D eigenvalue weighted by molar-refractivity contribution is 7.80. The number of unbranched alkanes of at least 4 members (excludes halogenated alkanes) is 7. The molecule has 118 valence electrons. The van der Waals surface area contributed by atoms with Gasteiger partial charge in [-0.25, -0.2) is 4.79 Å². The van der Waals surface area contributed by atoms with E-state index >= 15 is 0 Å². The Labute approximate surface area is 128 Å². The smallest absolute Gasteiger partial charge is 0.329 e. The number of carbonyl (C=O) groups excluding carboxylic acids is 2. The highest BCUT2D eigenvalue weighted by Gasteiger charge is 2.19. The molecule has 0 aliphatic heterocycles. The van der Waals surface area contributed by atoms with Gasteiger partial charge in [0.15, 0.2) is 0 Å². The van der Waals surface area contributed by atoms with Gasteiger partial charge in [0.05, 0.1) is 7.11 Å². The van der Waals surface area contributed by atoms with Crippen molar-refractivity contribution in [3.8, 4) is 0 Å². The number of carbonyl (C=O) groups is 2. The minimum Gasteiger partial charge on any atom is -0.467 e. The van der Waals surface area contributed by atoms with Crippen LogP contribution in [0.2, 0.25) is 0 Å². The molecule has 0 aromatic rings. The molecule has 20 heavy (non-hydrogen) atoms. The monoisotopic (exact) mass is 303 g/mol. The summed E-state index contributed by atoms with van der Waals surface area (Å²) in [4.78, 5) is 22.9. The molecule has 5 heteroatoms. The number of hydrogen-bond donors (Lipinski definition) is 2. The molecule has 0 bridgehead atoms. The van der Waals surface area contributed by atoms with Gasteiger partial charge in [0, 0.05) is 12.2 Å². The Kier molecular flexibility index (Phi) is 12.8. The average molecular weight is 303 g/mol. The van der Waals surface area contributed by atoms with Crippen molar-refractivity contribution in [2.75, 3.05) is 12.9 Å². The summed E-state index contributed by atoms with van der Waals surface area (Å²) in [6, 6.07) is -0.634. The summed E-state index contributed by atoms with van der Waals surface area (Å²) in [5, 5.41) is 2.65. The number of hydrogen-bond acceptors (Lipinski definition) is 4. The van der Waals surface area contributed by atoms with Crippen LogP contribution >= 0.6 is 12.6 Å². The maximum Gasteiger partial charge on any atom is 0.329 e. The molecule has 0 saturated carbocycles. The normalized spacial score (nSPS) is 11.9. The van der Waals surface area contributed by atoms with E-state index in [4.69, 9.17) is 0 Å². The van der Waals surface area contributed by atoms with Crippen LogP contribution in [0.25, 0.3) is 0 Å². The summed E-state index contributed by atoms with van der Waals surface area (Å²) in [7, 11) is 1.31. The molecule has 0 saturated heterocycles. The van der Waals surface area contributed by atoms with E-state index in [-0.39, 0.29) is 11.7 Å². The van der Waals surface area contributed by atoms with Crippen molar-refractivity contribution >= 4 is 24.5 Å². The van der Waals surface area contributed by atoms with E-state index in [2.05, 4.69) is 29.6 Å². The zero-order valence-electron chi connectivity index (χ0n) is 12.8. The Hall–Kier alpha value is -0.710. The second-order valence-electron chi connectivity index (χ2n) is 5.05. The fraction of sp³-hybridized carbons (Fsp3) is 0.867. The Bertz CT molecular complexity index is 272. The summed E-state index contributed by atoms with van der Waals surface area (Å²) in [5.41, 5.74) is 0. The minimum atomic E-state index is -0.634. The van der Waals surface area contributed by atoms with Crippen LogP contribution < -0.4 is 5.32 Å². The lowest BCUT2D eigenvalue weighted by Crippen LogP contribution is -2.42. The number of amides is 1. The number of rotatable bonds is 12. The fourth-order valence-corrected chi connectivity index (χ4v) is 2.25. The third-order valence-electron chi connectivity index (χ3n) is 3.26. The van der Waals surface area contributed by atoms with Gasteiger partial charge in [-0.1, -0.05) is 51.9 Å². The second kappa shape index (κ2) is 13.3. The molecule has 0 aromatic heterocycles. The van der Waals surface area contributed by atoms with E-state index < -0.39 is 12.0 Å². The minimum absolute atomic E-state index is 0.0968. The van der Waals surface area contributed by atoms with Crippen molar-refractivity contribution in [3.63, 3.8) is 0 Å². The number of ether oxygens (including phenoxy) is 1. The maximum atomic E-state index is 11.7. The first-order chi connectivity index (χ1) is 9.65. The molecule has 0 rings (SSSR count). The molecule has 4 nitrogen and oxygen atoms in total. The van der Waals surface area contributed by atoms with Gasteiger partial charge >= 0.3 is 5.97 Å². The highest BCUT2D eigenvalue weighted by atomic mass is 32.1. The van der Waals surface area contributed by atoms with Crippen LogP contribution in [0.15, 0.2) is 0 Å². The number of nitrogens with one attached hydrogen (secondary N) is 1. The van der Waals surface area contributed by atoms with Gasteiger partial charge in [-0.3, -0.25) is 4.79 Å². The SMILES string of the molecule is CCCCCCCCCCC(=O)NC(CS)C(=O)OC. The summed E-state index contributed by atoms with van der Waals surface area (Å²) in [5.74, 6) is -0.278. The molecule has 0 radical (unpaired) electrons. The molecule has 0 heterocycles. The van der Waals surface area contributed by atoms with Gasteiger partial charge in [-0.2, -0.15) is 12.6 Å². The van der Waals surface area contributed by atoms with E-state index in [0.29, 0.717) is 6.42 Å². The van der Waals surface area contributed by atoms with Crippen LogP contribution in [0.1, 0.15) is 64.7 Å². The molecule has 0 fully saturated rings. The zero-order valence-corrected chi connectivity index (χ0v) is 13.7. The van der Waals surface area contributed by atoms with Crippen LogP contribution in [-0.2, 0) is 14.3 Å². The van der Waals surface area contributed by atoms with Crippen molar-refractivity contribution in [3.05, 3.63) is 0 Å². The molecular formula is C15H29NO3S. The predicted octanol–water partition coefficient (Wildman–Crippen LogP) is 3.10. The van der Waals surface area contributed by atoms with Gasteiger partial charge in [-0.05, 0) is 6.42 Å². The average Bonchev–Trinajstić information content (AvgIpc) is 2.46. The first-order valence-electron chi connectivity index (χ1n) is 7.63. The van der Waals surface area contributed by atoms with Gasteiger partial charge < -0.3 is 10.1 Å². The van der Waals surface area contributed by atoms with Gasteiger partial charge in [0.1, 0.15) is 6.04 Å². The van der Waals surface area contributed by atoms with Crippen LogP contribution in [0.5, 0.6) is 0 Å². The van der Waals surface area contributed by atoms with Crippen molar-refractivity contribution < 1.29 is 14.3 Å². The molecule has 0 aliphatic carbocycles. The number of esters is 1.